The summed E-state index contributed by atoms with van der Waals surface area (Å²) in [4.78, 5) is 20.6. The fourth-order valence-electron chi connectivity index (χ4n) is 5.20. The van der Waals surface area contributed by atoms with Gasteiger partial charge in [0.2, 0.25) is 5.91 Å². The molecular formula is C23H31N7O2. The molecule has 1 atom stereocenters. The number of amides is 1. The predicted octanol–water partition coefficient (Wildman–Crippen LogP) is 2.63. The molecule has 0 N–H and O–H groups in total. The topological polar surface area (TPSA) is 91.0 Å². The third kappa shape index (κ3) is 3.39. The van der Waals surface area contributed by atoms with Gasteiger partial charge in [-0.05, 0) is 62.6 Å². The van der Waals surface area contributed by atoms with E-state index >= 15 is 0 Å². The number of hydrogen-bond acceptors (Lipinski definition) is 6. The molecule has 1 unspecified atom stereocenters. The first-order valence-corrected chi connectivity index (χ1v) is 11.4. The molecule has 1 spiro atoms. The zero-order chi connectivity index (χ0) is 22.5. The zero-order valence-electron chi connectivity index (χ0n) is 19.3. The lowest BCUT2D eigenvalue weighted by molar-refractivity contribution is -0.141. The van der Waals surface area contributed by atoms with Crippen LogP contribution in [0.1, 0.15) is 57.7 Å². The molecule has 9 heteroatoms. The van der Waals surface area contributed by atoms with Gasteiger partial charge in [0, 0.05) is 33.2 Å². The minimum Gasteiger partial charge on any atom is -0.381 e. The highest BCUT2D eigenvalue weighted by Crippen LogP contribution is 2.49. The van der Waals surface area contributed by atoms with E-state index in [0.29, 0.717) is 26.2 Å². The summed E-state index contributed by atoms with van der Waals surface area (Å²) in [7, 11) is 2.04. The number of rotatable bonds is 4. The van der Waals surface area contributed by atoms with E-state index in [-0.39, 0.29) is 22.9 Å². The van der Waals surface area contributed by atoms with Gasteiger partial charge >= 0.3 is 0 Å². The second-order valence-electron chi connectivity index (χ2n) is 10.1. The Bertz CT molecular complexity index is 1140. The minimum absolute atomic E-state index is 0.149. The summed E-state index contributed by atoms with van der Waals surface area (Å²) in [6.45, 7) is 8.08. The summed E-state index contributed by atoms with van der Waals surface area (Å²) >= 11 is 0. The summed E-state index contributed by atoms with van der Waals surface area (Å²) in [6.07, 6.45) is 2.91. The van der Waals surface area contributed by atoms with Gasteiger partial charge in [0.05, 0.1) is 28.0 Å². The van der Waals surface area contributed by atoms with Crippen LogP contribution in [0, 0.1) is 5.41 Å². The first-order chi connectivity index (χ1) is 15.3. The minimum atomic E-state index is -0.385. The maximum absolute atomic E-state index is 13.8. The Morgan fingerprint density at radius 1 is 1.19 bits per heavy atom. The number of ether oxygens (including phenoxy) is 1. The van der Waals surface area contributed by atoms with Crippen LogP contribution < -0.4 is 0 Å². The van der Waals surface area contributed by atoms with Crippen molar-refractivity contribution in [2.24, 2.45) is 12.5 Å². The van der Waals surface area contributed by atoms with Crippen molar-refractivity contribution in [2.45, 2.75) is 58.0 Å². The van der Waals surface area contributed by atoms with Gasteiger partial charge in [-0.1, -0.05) is 12.1 Å². The summed E-state index contributed by atoms with van der Waals surface area (Å²) in [6, 6.07) is 7.97. The number of tetrazole rings is 1. The van der Waals surface area contributed by atoms with E-state index in [4.69, 9.17) is 9.72 Å². The second-order valence-corrected chi connectivity index (χ2v) is 10.1. The number of hydrogen-bond donors (Lipinski definition) is 0. The quantitative estimate of drug-likeness (QED) is 0.623. The highest BCUT2D eigenvalue weighted by atomic mass is 16.5. The van der Waals surface area contributed by atoms with Crippen LogP contribution in [0.5, 0.6) is 0 Å². The number of benzene rings is 1. The monoisotopic (exact) mass is 437 g/mol. The Kier molecular flexibility index (Phi) is 5.03. The van der Waals surface area contributed by atoms with Crippen molar-refractivity contribution >= 4 is 16.9 Å². The van der Waals surface area contributed by atoms with Crippen LogP contribution in [0.25, 0.3) is 11.0 Å². The predicted molar refractivity (Wildman–Crippen MR) is 119 cm³/mol. The molecule has 0 radical (unpaired) electrons. The number of carbonyl (C=O) groups excluding carboxylic acids is 1. The lowest BCUT2D eigenvalue weighted by Crippen LogP contribution is -2.40. The number of aryl methyl sites for hydroxylation is 1. The second kappa shape index (κ2) is 7.65. The molecule has 5 rings (SSSR count). The van der Waals surface area contributed by atoms with E-state index in [0.717, 1.165) is 41.9 Å². The number of nitrogens with zero attached hydrogens (tertiary/aromatic N) is 7. The van der Waals surface area contributed by atoms with E-state index in [1.54, 1.807) is 0 Å². The number of likely N-dealkylation sites (tertiary alicyclic amines) is 1. The number of fused-ring (bicyclic) bond motifs is 1. The number of carbonyl (C=O) groups is 1. The number of para-hydroxylation sites is 2. The van der Waals surface area contributed by atoms with Crippen molar-refractivity contribution in [3.8, 4) is 0 Å². The van der Waals surface area contributed by atoms with Crippen molar-refractivity contribution in [3.05, 3.63) is 35.9 Å². The molecule has 0 bridgehead atoms. The Labute approximate surface area is 187 Å². The largest absolute Gasteiger partial charge is 0.381 e. The Morgan fingerprint density at radius 3 is 2.66 bits per heavy atom. The van der Waals surface area contributed by atoms with E-state index in [1.165, 1.54) is 0 Å². The first-order valence-electron chi connectivity index (χ1n) is 11.4. The van der Waals surface area contributed by atoms with Gasteiger partial charge in [-0.15, -0.1) is 5.10 Å². The number of aromatic nitrogens is 6. The van der Waals surface area contributed by atoms with Gasteiger partial charge in [-0.3, -0.25) is 4.79 Å². The summed E-state index contributed by atoms with van der Waals surface area (Å²) < 4.78 is 9.58. The zero-order valence-corrected chi connectivity index (χ0v) is 19.3. The maximum Gasteiger partial charge on any atom is 0.229 e. The highest BCUT2D eigenvalue weighted by molar-refractivity contribution is 5.85. The normalized spacial score (nSPS) is 21.2. The SMILES string of the molecule is Cn1c(CCN2C(=O)C3(CCOCC3)CC2c2nnnn2C(C)(C)C)nc2ccccc21. The van der Waals surface area contributed by atoms with Crippen molar-refractivity contribution in [1.82, 2.24) is 34.7 Å². The summed E-state index contributed by atoms with van der Waals surface area (Å²) in [5.41, 5.74) is 1.43. The van der Waals surface area contributed by atoms with Crippen molar-refractivity contribution in [1.29, 1.82) is 0 Å². The Morgan fingerprint density at radius 2 is 1.94 bits per heavy atom. The van der Waals surface area contributed by atoms with Crippen LogP contribution in [0.15, 0.2) is 24.3 Å². The van der Waals surface area contributed by atoms with E-state index in [2.05, 4.69) is 46.9 Å². The molecule has 2 fully saturated rings. The number of imidazole rings is 1. The molecule has 1 aromatic carbocycles. The van der Waals surface area contributed by atoms with Gasteiger partial charge in [-0.2, -0.15) is 0 Å². The smallest absolute Gasteiger partial charge is 0.229 e. The molecule has 3 aromatic rings. The summed E-state index contributed by atoms with van der Waals surface area (Å²) in [5.74, 6) is 1.94. The van der Waals surface area contributed by atoms with Crippen LogP contribution >= 0.6 is 0 Å². The lowest BCUT2D eigenvalue weighted by Gasteiger charge is -2.31. The fourth-order valence-corrected chi connectivity index (χ4v) is 5.20. The molecule has 2 aliphatic rings. The average Bonchev–Trinajstić information content (AvgIpc) is 3.45. The molecule has 0 saturated carbocycles. The lowest BCUT2D eigenvalue weighted by atomic mass is 9.77. The molecule has 9 nitrogen and oxygen atoms in total. The van der Waals surface area contributed by atoms with Crippen molar-refractivity contribution in [2.75, 3.05) is 19.8 Å². The van der Waals surface area contributed by atoms with Crippen molar-refractivity contribution in [3.63, 3.8) is 0 Å². The molecule has 4 heterocycles. The highest BCUT2D eigenvalue weighted by Gasteiger charge is 2.53. The van der Waals surface area contributed by atoms with Gasteiger partial charge in [0.1, 0.15) is 5.82 Å². The molecule has 1 amide bonds. The van der Waals surface area contributed by atoms with Crippen LogP contribution in [0.2, 0.25) is 0 Å². The standard InChI is InChI=1S/C23H31N7O2/c1-22(2,3)30-20(25-26-27-30)18-15-23(10-13-32-14-11-23)21(31)29(18)12-9-19-24-16-7-5-6-8-17(16)28(19)4/h5-8,18H,9-15H2,1-4H3. The van der Waals surface area contributed by atoms with Gasteiger partial charge in [0.25, 0.3) is 0 Å². The van der Waals surface area contributed by atoms with E-state index in [9.17, 15) is 4.79 Å². The molecule has 0 aliphatic carbocycles. The molecule has 2 aromatic heterocycles. The van der Waals surface area contributed by atoms with Crippen LogP contribution in [-0.4, -0.2) is 60.3 Å². The van der Waals surface area contributed by atoms with Gasteiger partial charge < -0.3 is 14.2 Å². The third-order valence-corrected chi connectivity index (χ3v) is 7.01. The van der Waals surface area contributed by atoms with Crippen LogP contribution in [0.4, 0.5) is 0 Å². The van der Waals surface area contributed by atoms with Crippen LogP contribution in [0.3, 0.4) is 0 Å². The molecular weight excluding hydrogens is 406 g/mol. The molecule has 32 heavy (non-hydrogen) atoms. The first kappa shape index (κ1) is 21.1. The Hall–Kier alpha value is -2.81. The van der Waals surface area contributed by atoms with E-state index in [1.807, 2.05) is 34.8 Å². The molecule has 2 saturated heterocycles. The third-order valence-electron chi connectivity index (χ3n) is 7.01. The van der Waals surface area contributed by atoms with Crippen molar-refractivity contribution < 1.29 is 9.53 Å². The average molecular weight is 438 g/mol. The van der Waals surface area contributed by atoms with Gasteiger partial charge in [-0.25, -0.2) is 9.67 Å². The Balaban J connectivity index is 1.48. The molecule has 2 aliphatic heterocycles. The molecule has 170 valence electrons. The van der Waals surface area contributed by atoms with Gasteiger partial charge in [0.15, 0.2) is 5.82 Å². The summed E-state index contributed by atoms with van der Waals surface area (Å²) in [5, 5.41) is 12.6. The fraction of sp³-hybridized carbons (Fsp3) is 0.609. The maximum atomic E-state index is 13.8. The van der Waals surface area contributed by atoms with Crippen LogP contribution in [-0.2, 0) is 28.5 Å². The van der Waals surface area contributed by atoms with E-state index < -0.39 is 0 Å².